The normalized spacial score (nSPS) is 18.6. The van der Waals surface area contributed by atoms with Gasteiger partial charge in [0.2, 0.25) is 11.4 Å². The summed E-state index contributed by atoms with van der Waals surface area (Å²) >= 11 is 0. The summed E-state index contributed by atoms with van der Waals surface area (Å²) < 4.78 is 22.5. The van der Waals surface area contributed by atoms with Crippen LogP contribution in [0.3, 0.4) is 0 Å². The minimum atomic E-state index is -1.65. The van der Waals surface area contributed by atoms with Gasteiger partial charge < -0.3 is 24.1 Å². The molecule has 0 aliphatic carbocycles. The molecule has 0 unspecified atom stereocenters. The molecule has 0 radical (unpaired) electrons. The first-order valence-electron chi connectivity index (χ1n) is 12.2. The number of benzene rings is 2. The minimum Gasteiger partial charge on any atom is -0.494 e. The first kappa shape index (κ1) is 28.5. The summed E-state index contributed by atoms with van der Waals surface area (Å²) in [6, 6.07) is 13.6. The van der Waals surface area contributed by atoms with Gasteiger partial charge in [0.05, 0.1) is 13.7 Å². The summed E-state index contributed by atoms with van der Waals surface area (Å²) in [4.78, 5) is 33.6. The van der Waals surface area contributed by atoms with Gasteiger partial charge in [0.1, 0.15) is 11.4 Å². The Labute approximate surface area is 221 Å². The maximum Gasteiger partial charge on any atom is 0.338 e. The molecule has 1 N–H and O–H groups in total. The lowest BCUT2D eigenvalue weighted by atomic mass is 9.83. The number of aliphatic imine (C=N–C) groups is 1. The molecule has 2 aromatic rings. The van der Waals surface area contributed by atoms with Crippen molar-refractivity contribution in [2.45, 2.75) is 57.3 Å². The van der Waals surface area contributed by atoms with Crippen LogP contribution in [-0.2, 0) is 23.8 Å². The van der Waals surface area contributed by atoms with Gasteiger partial charge in [-0.3, -0.25) is 4.79 Å². The highest BCUT2D eigenvalue weighted by molar-refractivity contribution is 6.00. The number of carbonyl (C=O) groups excluding carboxylic acids is 2. The molecule has 2 atom stereocenters. The molecule has 3 rings (SSSR count). The third-order valence-electron chi connectivity index (χ3n) is 5.68. The fraction of sp³-hybridized carbons (Fsp3) is 0.444. The Morgan fingerprint density at radius 3 is 2.53 bits per heavy atom. The van der Waals surface area contributed by atoms with Crippen LogP contribution in [0.1, 0.15) is 57.3 Å². The summed E-state index contributed by atoms with van der Waals surface area (Å²) in [6.07, 6.45) is -0.752. The first-order valence-corrected chi connectivity index (χ1v) is 12.2. The van der Waals surface area contributed by atoms with E-state index in [-0.39, 0.29) is 31.0 Å². The number of aliphatic hydroxyl groups excluding tert-OH is 1. The Balaban J connectivity index is 2.04. The fourth-order valence-corrected chi connectivity index (χ4v) is 4.03. The molecule has 0 saturated carbocycles. The first-order chi connectivity index (χ1) is 18.1. The molecule has 1 aliphatic rings. The Morgan fingerprint density at radius 1 is 1.18 bits per heavy atom. The fourth-order valence-electron chi connectivity index (χ4n) is 4.03. The van der Waals surface area contributed by atoms with E-state index in [2.05, 4.69) is 10.0 Å². The molecule has 0 fully saturated rings. The average Bonchev–Trinajstić information content (AvgIpc) is 3.28. The maximum absolute atomic E-state index is 13.4. The van der Waals surface area contributed by atoms with Gasteiger partial charge in [0.25, 0.3) is 0 Å². The van der Waals surface area contributed by atoms with E-state index in [0.29, 0.717) is 29.9 Å². The molecule has 0 bridgehead atoms. The van der Waals surface area contributed by atoms with Crippen LogP contribution in [-0.4, -0.2) is 54.4 Å². The van der Waals surface area contributed by atoms with Crippen LogP contribution >= 0.6 is 0 Å². The second kappa shape index (κ2) is 12.4. The van der Waals surface area contributed by atoms with E-state index in [1.807, 2.05) is 0 Å². The van der Waals surface area contributed by atoms with Gasteiger partial charge in [0, 0.05) is 41.2 Å². The summed E-state index contributed by atoms with van der Waals surface area (Å²) in [7, 11) is 1.24. The summed E-state index contributed by atoms with van der Waals surface area (Å²) in [5, 5.41) is 12.7. The molecule has 202 valence electrons. The SMILES string of the molecule is COC(=O)[C@@]1(CCC(=O)OC(C)(C)C)N=C(c2ccc(OCCCO)cc2)O[C@H]1c1ccccc1N=[N+]=[N-]. The predicted molar refractivity (Wildman–Crippen MR) is 139 cm³/mol. The molecule has 11 nitrogen and oxygen atoms in total. The number of rotatable bonds is 11. The van der Waals surface area contributed by atoms with Crippen molar-refractivity contribution in [2.75, 3.05) is 20.3 Å². The molecule has 1 heterocycles. The van der Waals surface area contributed by atoms with E-state index >= 15 is 0 Å². The van der Waals surface area contributed by atoms with Gasteiger partial charge in [-0.15, -0.1) is 0 Å². The number of azide groups is 1. The van der Waals surface area contributed by atoms with Crippen LogP contribution in [0.2, 0.25) is 0 Å². The number of carbonyl (C=O) groups is 2. The van der Waals surface area contributed by atoms with Gasteiger partial charge in [-0.05, 0) is 57.0 Å². The van der Waals surface area contributed by atoms with Crippen LogP contribution in [0.5, 0.6) is 5.75 Å². The van der Waals surface area contributed by atoms with E-state index in [1.54, 1.807) is 69.3 Å². The van der Waals surface area contributed by atoms with Gasteiger partial charge in [-0.1, -0.05) is 29.4 Å². The van der Waals surface area contributed by atoms with Crippen molar-refractivity contribution < 1.29 is 33.6 Å². The number of nitrogens with zero attached hydrogens (tertiary/aromatic N) is 4. The van der Waals surface area contributed by atoms with Crippen LogP contribution < -0.4 is 4.74 Å². The van der Waals surface area contributed by atoms with Crippen LogP contribution in [0.25, 0.3) is 10.4 Å². The zero-order valence-corrected chi connectivity index (χ0v) is 21.9. The number of hydrogen-bond acceptors (Lipinski definition) is 9. The second-order valence-corrected chi connectivity index (χ2v) is 9.62. The zero-order valence-electron chi connectivity index (χ0n) is 21.9. The quantitative estimate of drug-likeness (QED) is 0.144. The van der Waals surface area contributed by atoms with Crippen molar-refractivity contribution >= 4 is 23.5 Å². The van der Waals surface area contributed by atoms with Gasteiger partial charge in [-0.2, -0.15) is 0 Å². The van der Waals surface area contributed by atoms with Crippen LogP contribution in [0.4, 0.5) is 5.69 Å². The van der Waals surface area contributed by atoms with Gasteiger partial charge in [0.15, 0.2) is 6.10 Å². The maximum atomic E-state index is 13.4. The highest BCUT2D eigenvalue weighted by atomic mass is 16.6. The van der Waals surface area contributed by atoms with Crippen molar-refractivity contribution in [1.29, 1.82) is 0 Å². The smallest absolute Gasteiger partial charge is 0.338 e. The summed E-state index contributed by atoms with van der Waals surface area (Å²) in [6.45, 7) is 5.66. The number of esters is 2. The molecule has 2 aromatic carbocycles. The predicted octanol–water partition coefficient (Wildman–Crippen LogP) is 4.94. The lowest BCUT2D eigenvalue weighted by Gasteiger charge is -2.30. The average molecular weight is 525 g/mol. The molecule has 0 aromatic heterocycles. The molecule has 38 heavy (non-hydrogen) atoms. The lowest BCUT2D eigenvalue weighted by molar-refractivity contribution is -0.157. The second-order valence-electron chi connectivity index (χ2n) is 9.62. The zero-order chi connectivity index (χ0) is 27.8. The van der Waals surface area contributed by atoms with Crippen molar-refractivity contribution in [3.05, 3.63) is 70.1 Å². The molecule has 0 saturated heterocycles. The van der Waals surface area contributed by atoms with Crippen molar-refractivity contribution in [3.63, 3.8) is 0 Å². The van der Waals surface area contributed by atoms with Crippen molar-refractivity contribution in [1.82, 2.24) is 0 Å². The Kier molecular flexibility index (Phi) is 9.33. The standard InChI is InChI=1S/C27H32N4O7/c1-26(2,3)38-22(33)14-15-27(25(34)35-4)23(20-8-5-6-9-21(20)30-31-28)37-24(29-27)18-10-12-19(13-11-18)36-17-7-16-32/h5-6,8-13,23,32H,7,14-17H2,1-4H3/t23-,27-/m0/s1. The van der Waals surface area contributed by atoms with Crippen molar-refractivity contribution in [3.8, 4) is 5.75 Å². The molecule has 1 aliphatic heterocycles. The molecular weight excluding hydrogens is 492 g/mol. The number of hydrogen-bond donors (Lipinski definition) is 1. The Bertz CT molecular complexity index is 1220. The Hall–Kier alpha value is -4.08. The van der Waals surface area contributed by atoms with Gasteiger partial charge in [-0.25, -0.2) is 9.79 Å². The van der Waals surface area contributed by atoms with Crippen molar-refractivity contribution in [2.24, 2.45) is 10.1 Å². The summed E-state index contributed by atoms with van der Waals surface area (Å²) in [5.41, 5.74) is 7.98. The van der Waals surface area contributed by atoms with E-state index in [0.717, 1.165) is 0 Å². The van der Waals surface area contributed by atoms with E-state index in [1.165, 1.54) is 7.11 Å². The van der Waals surface area contributed by atoms with Gasteiger partial charge >= 0.3 is 11.9 Å². The number of aliphatic hydroxyl groups is 1. The molecule has 0 spiro atoms. The van der Waals surface area contributed by atoms with E-state index < -0.39 is 29.2 Å². The summed E-state index contributed by atoms with van der Waals surface area (Å²) in [5.74, 6) is -0.464. The lowest BCUT2D eigenvalue weighted by Crippen LogP contribution is -2.42. The highest BCUT2D eigenvalue weighted by Gasteiger charge is 2.55. The highest BCUT2D eigenvalue weighted by Crippen LogP contribution is 2.46. The number of ether oxygens (including phenoxy) is 4. The van der Waals surface area contributed by atoms with Crippen LogP contribution in [0, 0.1) is 0 Å². The third kappa shape index (κ3) is 6.81. The van der Waals surface area contributed by atoms with E-state index in [9.17, 15) is 9.59 Å². The third-order valence-corrected chi connectivity index (χ3v) is 5.68. The molecule has 0 amide bonds. The van der Waals surface area contributed by atoms with E-state index in [4.69, 9.17) is 34.6 Å². The Morgan fingerprint density at radius 2 is 1.89 bits per heavy atom. The molecule has 11 heteroatoms. The topological polar surface area (TPSA) is 152 Å². The van der Waals surface area contributed by atoms with Crippen LogP contribution in [0.15, 0.2) is 58.6 Å². The largest absolute Gasteiger partial charge is 0.494 e. The number of methoxy groups -OCH3 is 1. The minimum absolute atomic E-state index is 0.0281. The monoisotopic (exact) mass is 524 g/mol. The molecular formula is C27H32N4O7.